The molecule has 0 radical (unpaired) electrons. The fourth-order valence-electron chi connectivity index (χ4n) is 4.88. The van der Waals surface area contributed by atoms with E-state index in [4.69, 9.17) is 4.98 Å². The van der Waals surface area contributed by atoms with Crippen molar-refractivity contribution in [3.05, 3.63) is 132 Å². The van der Waals surface area contributed by atoms with Crippen LogP contribution >= 0.6 is 0 Å². The van der Waals surface area contributed by atoms with Crippen LogP contribution in [0.2, 0.25) is 0 Å². The summed E-state index contributed by atoms with van der Waals surface area (Å²) in [4.78, 5) is 33.3. The van der Waals surface area contributed by atoms with Crippen molar-refractivity contribution in [3.63, 3.8) is 0 Å². The molecule has 1 aliphatic rings. The van der Waals surface area contributed by atoms with E-state index in [9.17, 15) is 9.59 Å². The fraction of sp³-hybridized carbons (Fsp3) is 0.0606. The van der Waals surface area contributed by atoms with Crippen molar-refractivity contribution in [2.75, 3.05) is 10.2 Å². The van der Waals surface area contributed by atoms with Crippen LogP contribution in [0.15, 0.2) is 109 Å². The molecule has 194 valence electrons. The first-order chi connectivity index (χ1) is 19.5. The molecule has 0 saturated carbocycles. The van der Waals surface area contributed by atoms with Crippen LogP contribution in [0.25, 0.3) is 28.1 Å². The van der Waals surface area contributed by atoms with E-state index in [1.807, 2.05) is 86.6 Å². The Hall–Kier alpha value is -5.43. The molecule has 0 spiro atoms. The van der Waals surface area contributed by atoms with Gasteiger partial charge in [0, 0.05) is 28.5 Å². The first-order valence-corrected chi connectivity index (χ1v) is 12.9. The number of nitrogens with zero attached hydrogens (tertiary/aromatic N) is 4. The van der Waals surface area contributed by atoms with Crippen molar-refractivity contribution in [3.8, 4) is 22.5 Å². The fourth-order valence-corrected chi connectivity index (χ4v) is 4.88. The molecule has 1 N–H and O–H groups in total. The van der Waals surface area contributed by atoms with Gasteiger partial charge in [-0.3, -0.25) is 9.59 Å². The maximum Gasteiger partial charge on any atom is 0.267 e. The summed E-state index contributed by atoms with van der Waals surface area (Å²) in [6, 6.07) is 32.3. The lowest BCUT2D eigenvalue weighted by atomic mass is 9.93. The molecule has 4 aromatic carbocycles. The average molecular weight is 524 g/mol. The van der Waals surface area contributed by atoms with Crippen LogP contribution in [0, 0.1) is 13.8 Å². The van der Waals surface area contributed by atoms with E-state index in [2.05, 4.69) is 15.5 Å². The predicted octanol–water partition coefficient (Wildman–Crippen LogP) is 6.46. The summed E-state index contributed by atoms with van der Waals surface area (Å²) in [7, 11) is 0. The summed E-state index contributed by atoms with van der Waals surface area (Å²) >= 11 is 0. The SMILES string of the molecule is Cc1ccc(N2C(=O)C(=CNc3nnc(-c4ccccc4)c(-c4ccccc4)n3)c3ccccc3C2=O)c(C)c1. The number of benzene rings is 4. The number of fused-ring (bicyclic) bond motifs is 1. The molecule has 40 heavy (non-hydrogen) atoms. The standard InChI is InChI=1S/C33H25N5O2/c1-21-17-18-28(22(2)19-21)38-31(39)26-16-10-9-15-25(26)27(32(38)40)20-34-33-35-29(23-11-5-3-6-12-23)30(36-37-33)24-13-7-4-8-14-24/h3-20H,1-2H3,(H,34,35,37). The normalized spacial score (nSPS) is 13.8. The molecule has 2 heterocycles. The molecular formula is C33H25N5O2. The van der Waals surface area contributed by atoms with Gasteiger partial charge >= 0.3 is 0 Å². The van der Waals surface area contributed by atoms with Gasteiger partial charge in [-0.1, -0.05) is 96.6 Å². The number of rotatable bonds is 5. The maximum absolute atomic E-state index is 13.8. The summed E-state index contributed by atoms with van der Waals surface area (Å²) in [5.41, 5.74) is 6.84. The molecule has 0 fully saturated rings. The lowest BCUT2D eigenvalue weighted by Crippen LogP contribution is -2.42. The molecule has 1 aromatic heterocycles. The summed E-state index contributed by atoms with van der Waals surface area (Å²) in [6.07, 6.45) is 1.55. The molecule has 0 aliphatic carbocycles. The summed E-state index contributed by atoms with van der Waals surface area (Å²) in [6.45, 7) is 3.87. The van der Waals surface area contributed by atoms with E-state index in [-0.39, 0.29) is 11.9 Å². The van der Waals surface area contributed by atoms with Gasteiger partial charge in [0.1, 0.15) is 11.4 Å². The molecule has 5 aromatic rings. The number of hydrogen-bond donors (Lipinski definition) is 1. The molecular weight excluding hydrogens is 498 g/mol. The average Bonchev–Trinajstić information content (AvgIpc) is 2.99. The molecule has 0 unspecified atom stereocenters. The van der Waals surface area contributed by atoms with Gasteiger partial charge in [-0.15, -0.1) is 10.2 Å². The molecule has 1 aliphatic heterocycles. The lowest BCUT2D eigenvalue weighted by Gasteiger charge is -2.29. The van der Waals surface area contributed by atoms with Crippen molar-refractivity contribution in [1.82, 2.24) is 15.2 Å². The highest BCUT2D eigenvalue weighted by atomic mass is 16.2. The quantitative estimate of drug-likeness (QED) is 0.210. The second-order valence-corrected chi connectivity index (χ2v) is 9.55. The number of imide groups is 1. The Morgan fingerprint density at radius 3 is 1.98 bits per heavy atom. The van der Waals surface area contributed by atoms with Crippen LogP contribution in [0.5, 0.6) is 0 Å². The molecule has 0 saturated heterocycles. The maximum atomic E-state index is 13.8. The number of aryl methyl sites for hydroxylation is 2. The van der Waals surface area contributed by atoms with Gasteiger partial charge in [0.05, 0.1) is 11.3 Å². The van der Waals surface area contributed by atoms with Gasteiger partial charge in [0.15, 0.2) is 0 Å². The van der Waals surface area contributed by atoms with E-state index in [1.54, 1.807) is 36.5 Å². The molecule has 7 heteroatoms. The minimum Gasteiger partial charge on any atom is -0.329 e. The third-order valence-corrected chi connectivity index (χ3v) is 6.80. The van der Waals surface area contributed by atoms with Crippen LogP contribution in [-0.2, 0) is 4.79 Å². The van der Waals surface area contributed by atoms with E-state index in [1.165, 1.54) is 4.90 Å². The van der Waals surface area contributed by atoms with Gasteiger partial charge in [0.2, 0.25) is 5.95 Å². The van der Waals surface area contributed by atoms with Crippen molar-refractivity contribution < 1.29 is 9.59 Å². The minimum atomic E-state index is -0.430. The molecule has 0 bridgehead atoms. The summed E-state index contributed by atoms with van der Waals surface area (Å²) < 4.78 is 0. The van der Waals surface area contributed by atoms with Gasteiger partial charge < -0.3 is 5.32 Å². The van der Waals surface area contributed by atoms with Gasteiger partial charge in [-0.25, -0.2) is 9.88 Å². The predicted molar refractivity (Wildman–Crippen MR) is 156 cm³/mol. The van der Waals surface area contributed by atoms with E-state index in [0.717, 1.165) is 22.3 Å². The monoisotopic (exact) mass is 523 g/mol. The Kier molecular flexibility index (Phi) is 6.46. The van der Waals surface area contributed by atoms with Crippen LogP contribution in [0.1, 0.15) is 27.0 Å². The zero-order valence-electron chi connectivity index (χ0n) is 22.0. The number of anilines is 2. The van der Waals surface area contributed by atoms with Crippen LogP contribution in [0.3, 0.4) is 0 Å². The molecule has 0 atom stereocenters. The highest BCUT2D eigenvalue weighted by Crippen LogP contribution is 2.34. The third-order valence-electron chi connectivity index (χ3n) is 6.80. The zero-order valence-corrected chi connectivity index (χ0v) is 22.0. The van der Waals surface area contributed by atoms with Gasteiger partial charge in [-0.05, 0) is 31.5 Å². The third kappa shape index (κ3) is 4.54. The van der Waals surface area contributed by atoms with Crippen LogP contribution in [-0.4, -0.2) is 27.0 Å². The first-order valence-electron chi connectivity index (χ1n) is 12.9. The van der Waals surface area contributed by atoms with Gasteiger partial charge in [0.25, 0.3) is 11.8 Å². The van der Waals surface area contributed by atoms with Gasteiger partial charge in [-0.2, -0.15) is 0 Å². The minimum absolute atomic E-state index is 0.228. The number of carbonyl (C=O) groups excluding carboxylic acids is 2. The second kappa shape index (κ2) is 10.4. The molecule has 7 nitrogen and oxygen atoms in total. The van der Waals surface area contributed by atoms with Crippen molar-refractivity contribution in [2.24, 2.45) is 0 Å². The number of nitrogens with one attached hydrogen (secondary N) is 1. The van der Waals surface area contributed by atoms with Crippen LogP contribution in [0.4, 0.5) is 11.6 Å². The molecule has 6 rings (SSSR count). The van der Waals surface area contributed by atoms with Crippen molar-refractivity contribution in [1.29, 1.82) is 0 Å². The number of hydrogen-bond acceptors (Lipinski definition) is 6. The van der Waals surface area contributed by atoms with Crippen molar-refractivity contribution >= 4 is 29.0 Å². The van der Waals surface area contributed by atoms with Crippen LogP contribution < -0.4 is 10.2 Å². The highest BCUT2D eigenvalue weighted by molar-refractivity contribution is 6.41. The second-order valence-electron chi connectivity index (χ2n) is 9.55. The van der Waals surface area contributed by atoms with Crippen molar-refractivity contribution in [2.45, 2.75) is 13.8 Å². The van der Waals surface area contributed by atoms with E-state index < -0.39 is 5.91 Å². The number of aromatic nitrogens is 3. The first kappa shape index (κ1) is 24.9. The van der Waals surface area contributed by atoms with E-state index >= 15 is 0 Å². The number of amides is 2. The summed E-state index contributed by atoms with van der Waals surface area (Å²) in [5, 5.41) is 11.9. The Morgan fingerprint density at radius 1 is 0.675 bits per heavy atom. The Balaban J connectivity index is 1.42. The highest BCUT2D eigenvalue weighted by Gasteiger charge is 2.36. The topological polar surface area (TPSA) is 88.1 Å². The lowest BCUT2D eigenvalue weighted by molar-refractivity contribution is -0.112. The largest absolute Gasteiger partial charge is 0.329 e. The summed E-state index contributed by atoms with van der Waals surface area (Å²) in [5.74, 6) is -0.562. The Bertz CT molecular complexity index is 1780. The zero-order chi connectivity index (χ0) is 27.6. The smallest absolute Gasteiger partial charge is 0.267 e. The number of carbonyl (C=O) groups is 2. The Morgan fingerprint density at radius 2 is 1.30 bits per heavy atom. The Labute approximate surface area is 231 Å². The molecule has 2 amide bonds. The van der Waals surface area contributed by atoms with E-state index in [0.29, 0.717) is 33.8 Å².